The highest BCUT2D eigenvalue weighted by Gasteiger charge is 2.22. The maximum Gasteiger partial charge on any atom is 0.387 e. The van der Waals surface area contributed by atoms with Gasteiger partial charge in [0.2, 0.25) is 0 Å². The summed E-state index contributed by atoms with van der Waals surface area (Å²) in [5.74, 6) is -0.166. The van der Waals surface area contributed by atoms with Crippen molar-refractivity contribution in [3.63, 3.8) is 0 Å². The molecule has 0 N–H and O–H groups in total. The van der Waals surface area contributed by atoms with Crippen molar-refractivity contribution in [2.24, 2.45) is 0 Å². The van der Waals surface area contributed by atoms with Crippen molar-refractivity contribution in [3.05, 3.63) is 38.6 Å². The number of nitrogens with zero attached hydrogens (tertiary/aromatic N) is 2. The number of rotatable bonds is 3. The molecule has 2 aromatic rings. The van der Waals surface area contributed by atoms with Crippen molar-refractivity contribution in [2.45, 2.75) is 32.3 Å². The summed E-state index contributed by atoms with van der Waals surface area (Å²) in [6.07, 6.45) is 3.79. The molecule has 1 aliphatic carbocycles. The molecule has 1 heterocycles. The van der Waals surface area contributed by atoms with Crippen LogP contribution in [0.4, 0.5) is 8.78 Å². The average molecular weight is 368 g/mol. The topological polar surface area (TPSA) is 27.1 Å². The van der Waals surface area contributed by atoms with Crippen molar-refractivity contribution in [1.82, 2.24) is 9.78 Å². The monoisotopic (exact) mass is 366 g/mol. The Bertz CT molecular complexity index is 719. The number of aromatic nitrogens is 2. The number of halogens is 5. The highest BCUT2D eigenvalue weighted by Crippen LogP contribution is 2.37. The lowest BCUT2D eigenvalue weighted by molar-refractivity contribution is -0.0497. The second kappa shape index (κ2) is 6.22. The second-order valence-corrected chi connectivity index (χ2v) is 6.12. The Hall–Kier alpha value is -1.04. The Labute approximate surface area is 140 Å². The number of hydrogen-bond donors (Lipinski definition) is 0. The smallest absolute Gasteiger partial charge is 0.387 e. The molecule has 1 aliphatic rings. The van der Waals surface area contributed by atoms with Crippen LogP contribution in [0.15, 0.2) is 12.1 Å². The summed E-state index contributed by atoms with van der Waals surface area (Å²) in [5, 5.41) is 5.15. The van der Waals surface area contributed by atoms with E-state index < -0.39 is 6.61 Å². The van der Waals surface area contributed by atoms with Crippen LogP contribution in [-0.2, 0) is 12.8 Å². The van der Waals surface area contributed by atoms with E-state index >= 15 is 0 Å². The van der Waals surface area contributed by atoms with Crippen LogP contribution < -0.4 is 4.74 Å². The summed E-state index contributed by atoms with van der Waals surface area (Å²) >= 11 is 18.4. The summed E-state index contributed by atoms with van der Waals surface area (Å²) in [7, 11) is 0. The van der Waals surface area contributed by atoms with Gasteiger partial charge in [-0.3, -0.25) is 0 Å². The molecular weight excluding hydrogens is 357 g/mol. The van der Waals surface area contributed by atoms with E-state index in [1.807, 2.05) is 0 Å². The number of fused-ring (bicyclic) bond motifs is 1. The van der Waals surface area contributed by atoms with E-state index in [2.05, 4.69) is 9.84 Å². The zero-order valence-corrected chi connectivity index (χ0v) is 13.5. The van der Waals surface area contributed by atoms with Gasteiger partial charge >= 0.3 is 6.61 Å². The lowest BCUT2D eigenvalue weighted by Crippen LogP contribution is -2.05. The number of benzene rings is 1. The first-order valence-electron chi connectivity index (χ1n) is 6.68. The van der Waals surface area contributed by atoms with Crippen LogP contribution in [-0.4, -0.2) is 16.4 Å². The SMILES string of the molecule is FC(F)Oc1cc(-n2nc3c(c2Cl)CCCC3)c(Cl)cc1Cl. The Balaban J connectivity index is 2.10. The maximum atomic E-state index is 12.4. The van der Waals surface area contributed by atoms with Crippen LogP contribution in [0.25, 0.3) is 5.69 Å². The van der Waals surface area contributed by atoms with Crippen LogP contribution in [0.2, 0.25) is 15.2 Å². The number of ether oxygens (including phenoxy) is 1. The van der Waals surface area contributed by atoms with E-state index in [0.29, 0.717) is 10.8 Å². The van der Waals surface area contributed by atoms with Crippen molar-refractivity contribution in [3.8, 4) is 11.4 Å². The van der Waals surface area contributed by atoms with Gasteiger partial charge in [0.25, 0.3) is 0 Å². The number of aryl methyl sites for hydroxylation is 1. The fourth-order valence-corrected chi connectivity index (χ4v) is 3.38. The van der Waals surface area contributed by atoms with Crippen LogP contribution in [0.3, 0.4) is 0 Å². The molecule has 3 rings (SSSR count). The van der Waals surface area contributed by atoms with Crippen molar-refractivity contribution < 1.29 is 13.5 Å². The minimum absolute atomic E-state index is 0.00194. The van der Waals surface area contributed by atoms with E-state index in [1.54, 1.807) is 0 Å². The van der Waals surface area contributed by atoms with Gasteiger partial charge in [0.1, 0.15) is 10.9 Å². The lowest BCUT2D eigenvalue weighted by Gasteiger charge is -2.11. The first-order chi connectivity index (χ1) is 10.5. The van der Waals surface area contributed by atoms with Crippen molar-refractivity contribution in [1.29, 1.82) is 0 Å². The van der Waals surface area contributed by atoms with Gasteiger partial charge in [-0.15, -0.1) is 0 Å². The molecule has 22 heavy (non-hydrogen) atoms. The van der Waals surface area contributed by atoms with Gasteiger partial charge in [0.15, 0.2) is 0 Å². The standard InChI is InChI=1S/C14H11Cl3F2N2O/c15-8-5-9(16)12(22-14(18)19)6-11(8)21-13(17)7-3-1-2-4-10(7)20-21/h5-6,14H,1-4H2. The first kappa shape index (κ1) is 15.8. The van der Waals surface area contributed by atoms with Crippen LogP contribution in [0, 0.1) is 0 Å². The predicted octanol–water partition coefficient (Wildman–Crippen LogP) is 5.31. The van der Waals surface area contributed by atoms with Crippen molar-refractivity contribution in [2.75, 3.05) is 0 Å². The molecule has 0 unspecified atom stereocenters. The molecule has 0 saturated carbocycles. The van der Waals surface area contributed by atoms with Gasteiger partial charge in [-0.1, -0.05) is 34.8 Å². The molecule has 1 aromatic carbocycles. The Morgan fingerprint density at radius 1 is 1.09 bits per heavy atom. The third-order valence-electron chi connectivity index (χ3n) is 3.54. The molecule has 0 radical (unpaired) electrons. The highest BCUT2D eigenvalue weighted by atomic mass is 35.5. The Morgan fingerprint density at radius 2 is 1.82 bits per heavy atom. The summed E-state index contributed by atoms with van der Waals surface area (Å²) in [4.78, 5) is 0. The van der Waals surface area contributed by atoms with Gasteiger partial charge in [-0.05, 0) is 31.7 Å². The molecule has 1 aromatic heterocycles. The molecule has 8 heteroatoms. The lowest BCUT2D eigenvalue weighted by atomic mass is 9.99. The quantitative estimate of drug-likeness (QED) is 0.735. The van der Waals surface area contributed by atoms with Crippen LogP contribution in [0.5, 0.6) is 5.75 Å². The van der Waals surface area contributed by atoms with E-state index in [9.17, 15) is 8.78 Å². The molecule has 0 amide bonds. The number of hydrogen-bond acceptors (Lipinski definition) is 2. The first-order valence-corrected chi connectivity index (χ1v) is 7.81. The van der Waals surface area contributed by atoms with Crippen molar-refractivity contribution >= 4 is 34.8 Å². The molecule has 0 aliphatic heterocycles. The van der Waals surface area contributed by atoms with Gasteiger partial charge < -0.3 is 4.74 Å². The molecule has 3 nitrogen and oxygen atoms in total. The van der Waals surface area contributed by atoms with E-state index in [0.717, 1.165) is 36.9 Å². The minimum atomic E-state index is -2.98. The number of alkyl halides is 2. The summed E-state index contributed by atoms with van der Waals surface area (Å²) < 4.78 is 30.7. The van der Waals surface area contributed by atoms with Gasteiger partial charge in [0, 0.05) is 11.6 Å². The van der Waals surface area contributed by atoms with Gasteiger partial charge in [-0.25, -0.2) is 4.68 Å². The largest absolute Gasteiger partial charge is 0.433 e. The predicted molar refractivity (Wildman–Crippen MR) is 81.9 cm³/mol. The van der Waals surface area contributed by atoms with Gasteiger partial charge in [0.05, 0.1) is 21.4 Å². The van der Waals surface area contributed by atoms with E-state index in [4.69, 9.17) is 34.8 Å². The zero-order valence-electron chi connectivity index (χ0n) is 11.3. The third kappa shape index (κ3) is 2.90. The normalized spacial score (nSPS) is 14.3. The third-order valence-corrected chi connectivity index (χ3v) is 4.53. The average Bonchev–Trinajstić information content (AvgIpc) is 2.79. The molecule has 0 bridgehead atoms. The highest BCUT2D eigenvalue weighted by molar-refractivity contribution is 6.37. The molecular formula is C14H11Cl3F2N2O. The van der Waals surface area contributed by atoms with Crippen LogP contribution in [0.1, 0.15) is 24.1 Å². The van der Waals surface area contributed by atoms with Crippen LogP contribution >= 0.6 is 34.8 Å². The molecule has 0 atom stereocenters. The fourth-order valence-electron chi connectivity index (χ4n) is 2.54. The zero-order chi connectivity index (χ0) is 15.9. The molecule has 0 fully saturated rings. The Morgan fingerprint density at radius 3 is 2.50 bits per heavy atom. The summed E-state index contributed by atoms with van der Waals surface area (Å²) in [6, 6.07) is 2.66. The molecule has 118 valence electrons. The fraction of sp³-hybridized carbons (Fsp3) is 0.357. The minimum Gasteiger partial charge on any atom is -0.433 e. The summed E-state index contributed by atoms with van der Waals surface area (Å²) in [5.41, 5.74) is 2.26. The maximum absolute atomic E-state index is 12.4. The summed E-state index contributed by atoms with van der Waals surface area (Å²) in [6.45, 7) is -2.98. The molecule has 0 spiro atoms. The van der Waals surface area contributed by atoms with E-state index in [1.165, 1.54) is 16.8 Å². The second-order valence-electron chi connectivity index (χ2n) is 4.95. The van der Waals surface area contributed by atoms with E-state index in [-0.39, 0.29) is 15.8 Å². The van der Waals surface area contributed by atoms with Gasteiger partial charge in [-0.2, -0.15) is 13.9 Å². The Kier molecular flexibility index (Phi) is 4.48. The molecule has 0 saturated heterocycles.